The van der Waals surface area contributed by atoms with Gasteiger partial charge in [-0.2, -0.15) is 0 Å². The van der Waals surface area contributed by atoms with Crippen molar-refractivity contribution in [1.29, 1.82) is 0 Å². The number of pyridine rings is 1. The van der Waals surface area contributed by atoms with E-state index in [0.717, 1.165) is 38.7 Å². The van der Waals surface area contributed by atoms with Gasteiger partial charge in [0.25, 0.3) is 0 Å². The molecule has 0 unspecified atom stereocenters. The van der Waals surface area contributed by atoms with Crippen LogP contribution in [0.5, 0.6) is 0 Å². The Balaban J connectivity index is 1.34. The standard InChI is InChI=1S/C40H26N4/c1-4-13-27(14-5-1)30-22-23-33(32-20-11-10-19-31(30)32)34-24-25-36(37-35(34)21-12-26-41-37)40-43-38(28-15-6-2-7-16-28)42-39(44-40)29-17-8-3-9-18-29/h1-26H. The van der Waals surface area contributed by atoms with E-state index in [1.165, 1.54) is 21.9 Å². The Morgan fingerprint density at radius 1 is 0.295 bits per heavy atom. The van der Waals surface area contributed by atoms with Crippen LogP contribution in [-0.4, -0.2) is 19.9 Å². The van der Waals surface area contributed by atoms with Gasteiger partial charge in [-0.05, 0) is 45.2 Å². The van der Waals surface area contributed by atoms with Crippen LogP contribution in [0.3, 0.4) is 0 Å². The minimum Gasteiger partial charge on any atom is -0.255 e. The molecule has 0 aliphatic rings. The van der Waals surface area contributed by atoms with Crippen LogP contribution in [0.15, 0.2) is 158 Å². The highest BCUT2D eigenvalue weighted by molar-refractivity contribution is 6.11. The summed E-state index contributed by atoms with van der Waals surface area (Å²) >= 11 is 0. The van der Waals surface area contributed by atoms with Gasteiger partial charge in [-0.3, -0.25) is 4.98 Å². The summed E-state index contributed by atoms with van der Waals surface area (Å²) in [5.41, 5.74) is 8.30. The third-order valence-electron chi connectivity index (χ3n) is 8.01. The fourth-order valence-electron chi connectivity index (χ4n) is 5.92. The molecule has 0 atom stereocenters. The van der Waals surface area contributed by atoms with Crippen LogP contribution in [0.4, 0.5) is 0 Å². The van der Waals surface area contributed by atoms with E-state index < -0.39 is 0 Å². The maximum absolute atomic E-state index is 4.98. The minimum atomic E-state index is 0.595. The lowest BCUT2D eigenvalue weighted by Crippen LogP contribution is -2.01. The molecule has 0 aliphatic carbocycles. The van der Waals surface area contributed by atoms with E-state index in [0.29, 0.717) is 17.5 Å². The van der Waals surface area contributed by atoms with Crippen molar-refractivity contribution in [2.24, 2.45) is 0 Å². The highest BCUT2D eigenvalue weighted by Crippen LogP contribution is 2.40. The van der Waals surface area contributed by atoms with Crippen LogP contribution in [0.1, 0.15) is 0 Å². The zero-order chi connectivity index (χ0) is 29.3. The van der Waals surface area contributed by atoms with E-state index in [-0.39, 0.29) is 0 Å². The van der Waals surface area contributed by atoms with E-state index in [9.17, 15) is 0 Å². The largest absolute Gasteiger partial charge is 0.255 e. The van der Waals surface area contributed by atoms with Gasteiger partial charge >= 0.3 is 0 Å². The lowest BCUT2D eigenvalue weighted by molar-refractivity contribution is 1.07. The molecule has 44 heavy (non-hydrogen) atoms. The van der Waals surface area contributed by atoms with E-state index in [1.807, 2.05) is 72.9 Å². The van der Waals surface area contributed by atoms with Gasteiger partial charge in [0, 0.05) is 28.3 Å². The Hall–Kier alpha value is -6.00. The van der Waals surface area contributed by atoms with Crippen LogP contribution in [0, 0.1) is 0 Å². The van der Waals surface area contributed by atoms with E-state index in [1.54, 1.807) is 0 Å². The van der Waals surface area contributed by atoms with Gasteiger partial charge in [-0.1, -0.05) is 140 Å². The average molecular weight is 563 g/mol. The van der Waals surface area contributed by atoms with Crippen molar-refractivity contribution in [3.05, 3.63) is 158 Å². The maximum atomic E-state index is 4.98. The van der Waals surface area contributed by atoms with Crippen LogP contribution >= 0.6 is 0 Å². The summed E-state index contributed by atoms with van der Waals surface area (Å²) in [6, 6.07) is 52.1. The second kappa shape index (κ2) is 11.0. The van der Waals surface area contributed by atoms with Crippen LogP contribution in [0.25, 0.3) is 78.1 Å². The molecule has 0 radical (unpaired) electrons. The Morgan fingerprint density at radius 2 is 0.727 bits per heavy atom. The van der Waals surface area contributed by atoms with E-state index in [2.05, 4.69) is 84.9 Å². The monoisotopic (exact) mass is 562 g/mol. The first-order valence-corrected chi connectivity index (χ1v) is 14.7. The molecule has 206 valence electrons. The van der Waals surface area contributed by atoms with Crippen LogP contribution < -0.4 is 0 Å². The Labute approximate surface area is 255 Å². The second-order valence-electron chi connectivity index (χ2n) is 10.7. The molecular weight excluding hydrogens is 536 g/mol. The molecule has 4 nitrogen and oxygen atoms in total. The molecule has 8 aromatic rings. The lowest BCUT2D eigenvalue weighted by atomic mass is 9.90. The fourth-order valence-corrected chi connectivity index (χ4v) is 5.92. The molecule has 2 aromatic heterocycles. The van der Waals surface area contributed by atoms with Gasteiger partial charge in [-0.25, -0.2) is 15.0 Å². The molecule has 0 N–H and O–H groups in total. The first-order chi connectivity index (χ1) is 21.8. The van der Waals surface area contributed by atoms with Gasteiger partial charge < -0.3 is 0 Å². The Kier molecular flexibility index (Phi) is 6.43. The van der Waals surface area contributed by atoms with Gasteiger partial charge in [0.05, 0.1) is 5.52 Å². The van der Waals surface area contributed by atoms with Crippen molar-refractivity contribution in [2.75, 3.05) is 0 Å². The quantitative estimate of drug-likeness (QED) is 0.209. The molecule has 0 fully saturated rings. The van der Waals surface area contributed by atoms with Gasteiger partial charge in [-0.15, -0.1) is 0 Å². The molecule has 0 spiro atoms. The number of hydrogen-bond donors (Lipinski definition) is 0. The number of aromatic nitrogens is 4. The summed E-state index contributed by atoms with van der Waals surface area (Å²) in [5, 5.41) is 3.46. The fraction of sp³-hybridized carbons (Fsp3) is 0. The molecule has 4 heteroatoms. The first-order valence-electron chi connectivity index (χ1n) is 14.7. The van der Waals surface area contributed by atoms with Crippen molar-refractivity contribution in [1.82, 2.24) is 19.9 Å². The number of rotatable bonds is 5. The van der Waals surface area contributed by atoms with Crippen molar-refractivity contribution in [3.63, 3.8) is 0 Å². The highest BCUT2D eigenvalue weighted by Gasteiger charge is 2.18. The predicted molar refractivity (Wildman–Crippen MR) is 180 cm³/mol. The first kappa shape index (κ1) is 25.7. The smallest absolute Gasteiger partial charge is 0.166 e. The molecular formula is C40H26N4. The number of fused-ring (bicyclic) bond motifs is 2. The average Bonchev–Trinajstić information content (AvgIpc) is 3.12. The van der Waals surface area contributed by atoms with Gasteiger partial charge in [0.15, 0.2) is 17.5 Å². The number of benzene rings is 6. The summed E-state index contributed by atoms with van der Waals surface area (Å²) in [7, 11) is 0. The van der Waals surface area contributed by atoms with Crippen molar-refractivity contribution < 1.29 is 0 Å². The zero-order valence-corrected chi connectivity index (χ0v) is 23.8. The third-order valence-corrected chi connectivity index (χ3v) is 8.01. The third kappa shape index (κ3) is 4.59. The van der Waals surface area contributed by atoms with E-state index >= 15 is 0 Å². The molecule has 6 aromatic carbocycles. The predicted octanol–water partition coefficient (Wildman–Crippen LogP) is 9.91. The summed E-state index contributed by atoms with van der Waals surface area (Å²) in [4.78, 5) is 19.7. The Bertz CT molecular complexity index is 2210. The zero-order valence-electron chi connectivity index (χ0n) is 23.8. The topological polar surface area (TPSA) is 51.6 Å². The van der Waals surface area contributed by atoms with Crippen LogP contribution in [-0.2, 0) is 0 Å². The van der Waals surface area contributed by atoms with Gasteiger partial charge in [0.2, 0.25) is 0 Å². The van der Waals surface area contributed by atoms with Crippen molar-refractivity contribution >= 4 is 21.7 Å². The lowest BCUT2D eigenvalue weighted by Gasteiger charge is -2.15. The van der Waals surface area contributed by atoms with Gasteiger partial charge in [0.1, 0.15) is 0 Å². The van der Waals surface area contributed by atoms with E-state index in [4.69, 9.17) is 19.9 Å². The molecule has 0 saturated carbocycles. The summed E-state index contributed by atoms with van der Waals surface area (Å²) < 4.78 is 0. The Morgan fingerprint density at radius 3 is 1.34 bits per heavy atom. The molecule has 2 heterocycles. The molecule has 0 amide bonds. The summed E-state index contributed by atoms with van der Waals surface area (Å²) in [6.45, 7) is 0. The maximum Gasteiger partial charge on any atom is 0.166 e. The number of nitrogens with zero attached hydrogens (tertiary/aromatic N) is 4. The minimum absolute atomic E-state index is 0.595. The molecule has 0 bridgehead atoms. The number of hydrogen-bond acceptors (Lipinski definition) is 4. The molecule has 0 aliphatic heterocycles. The normalized spacial score (nSPS) is 11.2. The summed E-state index contributed by atoms with van der Waals surface area (Å²) in [5.74, 6) is 1.85. The van der Waals surface area contributed by atoms with Crippen LogP contribution in [0.2, 0.25) is 0 Å². The molecule has 8 rings (SSSR count). The van der Waals surface area contributed by atoms with Crippen molar-refractivity contribution in [2.45, 2.75) is 0 Å². The highest BCUT2D eigenvalue weighted by atomic mass is 15.0. The van der Waals surface area contributed by atoms with Crippen molar-refractivity contribution in [3.8, 4) is 56.4 Å². The summed E-state index contributed by atoms with van der Waals surface area (Å²) in [6.07, 6.45) is 1.84. The molecule has 0 saturated heterocycles. The SMILES string of the molecule is c1ccc(-c2nc(-c3ccccc3)nc(-c3ccc(-c4ccc(-c5ccccc5)c5ccccc45)c4cccnc34)n2)cc1. The second-order valence-corrected chi connectivity index (χ2v) is 10.7.